The van der Waals surface area contributed by atoms with E-state index in [1.165, 1.54) is 12.1 Å². The third-order valence-electron chi connectivity index (χ3n) is 8.89. The first-order valence-corrected chi connectivity index (χ1v) is 14.3. The summed E-state index contributed by atoms with van der Waals surface area (Å²) in [6, 6.07) is 8.42. The van der Waals surface area contributed by atoms with E-state index < -0.39 is 46.8 Å². The van der Waals surface area contributed by atoms with Crippen molar-refractivity contribution in [2.45, 2.75) is 63.7 Å². The maximum Gasteiger partial charge on any atom is 0.332 e. The van der Waals surface area contributed by atoms with E-state index in [1.807, 2.05) is 6.92 Å². The Morgan fingerprint density at radius 1 is 1.20 bits per heavy atom. The van der Waals surface area contributed by atoms with E-state index in [0.717, 1.165) is 0 Å². The number of amides is 2. The first-order valence-electron chi connectivity index (χ1n) is 13.6. The van der Waals surface area contributed by atoms with Gasteiger partial charge in [-0.3, -0.25) is 9.59 Å². The van der Waals surface area contributed by atoms with E-state index in [9.17, 15) is 23.9 Å². The van der Waals surface area contributed by atoms with Crippen LogP contribution in [0.2, 0.25) is 5.02 Å². The van der Waals surface area contributed by atoms with Gasteiger partial charge in [0.1, 0.15) is 11.2 Å². The van der Waals surface area contributed by atoms with Gasteiger partial charge in [0.15, 0.2) is 6.10 Å². The van der Waals surface area contributed by atoms with E-state index in [0.29, 0.717) is 38.9 Å². The van der Waals surface area contributed by atoms with Crippen molar-refractivity contribution >= 4 is 46.7 Å². The minimum atomic E-state index is -1.45. The van der Waals surface area contributed by atoms with Crippen LogP contribution in [0, 0.1) is 24.1 Å². The molecule has 0 saturated carbocycles. The number of piperidine rings is 1. The van der Waals surface area contributed by atoms with Gasteiger partial charge in [-0.05, 0) is 66.8 Å². The molecule has 3 N–H and O–H groups in total. The number of anilines is 1. The van der Waals surface area contributed by atoms with Crippen LogP contribution < -0.4 is 10.6 Å². The molecule has 2 aliphatic heterocycles. The number of aryl methyl sites for hydroxylation is 1. The first-order chi connectivity index (χ1) is 19.5. The number of ether oxygens (including phenoxy) is 1. The largest absolute Gasteiger partial charge is 0.479 e. The summed E-state index contributed by atoms with van der Waals surface area (Å²) in [5.74, 6) is -3.12. The fourth-order valence-corrected chi connectivity index (χ4v) is 7.42. The molecule has 216 valence electrons. The molecule has 3 aliphatic rings. The Kier molecular flexibility index (Phi) is 7.78. The Morgan fingerprint density at radius 2 is 1.95 bits per heavy atom. The lowest BCUT2D eigenvalue weighted by Gasteiger charge is -2.55. The van der Waals surface area contributed by atoms with Crippen LogP contribution in [0.5, 0.6) is 0 Å². The van der Waals surface area contributed by atoms with Crippen molar-refractivity contribution in [1.82, 2.24) is 5.32 Å². The Hall–Kier alpha value is -3.20. The van der Waals surface area contributed by atoms with Crippen LogP contribution in [0.15, 0.2) is 59.7 Å². The van der Waals surface area contributed by atoms with Crippen molar-refractivity contribution in [3.05, 3.63) is 87.2 Å². The molecule has 1 spiro atoms. The van der Waals surface area contributed by atoms with Crippen molar-refractivity contribution < 1.29 is 28.6 Å². The van der Waals surface area contributed by atoms with Crippen molar-refractivity contribution in [2.24, 2.45) is 11.3 Å². The molecular weight excluding hydrogens is 570 g/mol. The van der Waals surface area contributed by atoms with Crippen LogP contribution in [0.25, 0.3) is 0 Å². The first kappa shape index (κ1) is 29.3. The van der Waals surface area contributed by atoms with Gasteiger partial charge in [-0.1, -0.05) is 61.3 Å². The average molecular weight is 602 g/mol. The van der Waals surface area contributed by atoms with Crippen molar-refractivity contribution in [2.75, 3.05) is 5.32 Å². The average Bonchev–Trinajstić information content (AvgIpc) is 3.20. The number of halogens is 3. The molecule has 1 saturated heterocycles. The quantitative estimate of drug-likeness (QED) is 0.351. The second kappa shape index (κ2) is 10.9. The standard InChI is InChI=1S/C31H31Cl2FN2O5/c1-4-23(28(38)39)41-25-11-8-18(33)15-30(25,5-2)24-14-26(37)36-27(20-13-19(34)9-6-16(20)3)31(24)21-10-7-17(32)12-22(21)35-29(31)40/h6-13,15,23-25,27H,4-5,14H2,1-3H3,(H,35,40)(H,36,37)(H,38,39). The zero-order valence-electron chi connectivity index (χ0n) is 22.8. The SMILES string of the molecule is CCC(OC1C=CC(Cl)=CC1(CC)C1CC(=O)NC(c2cc(F)ccc2C)C12C(=O)Nc1cc(Cl)ccc12)C(=O)O. The highest BCUT2D eigenvalue weighted by molar-refractivity contribution is 6.31. The molecule has 5 rings (SSSR count). The van der Waals surface area contributed by atoms with Crippen LogP contribution in [0.3, 0.4) is 0 Å². The summed E-state index contributed by atoms with van der Waals surface area (Å²) in [5.41, 5.74) is -0.299. The maximum absolute atomic E-state index is 14.7. The number of nitrogens with one attached hydrogen (secondary N) is 2. The number of carboxylic acid groups (broad SMARTS) is 1. The lowest BCUT2D eigenvalue weighted by atomic mass is 9.50. The van der Waals surface area contributed by atoms with Gasteiger partial charge in [0.25, 0.3) is 0 Å². The molecule has 7 nitrogen and oxygen atoms in total. The van der Waals surface area contributed by atoms with E-state index >= 15 is 0 Å². The van der Waals surface area contributed by atoms with E-state index in [-0.39, 0.29) is 24.7 Å². The van der Waals surface area contributed by atoms with Crippen LogP contribution in [0.1, 0.15) is 55.8 Å². The fourth-order valence-electron chi connectivity index (χ4n) is 6.97. The molecule has 0 bridgehead atoms. The summed E-state index contributed by atoms with van der Waals surface area (Å²) in [4.78, 5) is 40.1. The minimum absolute atomic E-state index is 0.0909. The van der Waals surface area contributed by atoms with Crippen LogP contribution >= 0.6 is 23.2 Å². The molecule has 2 amide bonds. The second-order valence-corrected chi connectivity index (χ2v) is 11.8. The lowest BCUT2D eigenvalue weighted by Crippen LogP contribution is -2.64. The molecule has 2 aromatic rings. The van der Waals surface area contributed by atoms with Crippen LogP contribution in [-0.4, -0.2) is 35.1 Å². The summed E-state index contributed by atoms with van der Waals surface area (Å²) in [6.45, 7) is 5.41. The number of carbonyl (C=O) groups excluding carboxylic acids is 2. The Bertz CT molecular complexity index is 1490. The van der Waals surface area contributed by atoms with E-state index in [4.69, 9.17) is 27.9 Å². The fraction of sp³-hybridized carbons (Fsp3) is 0.387. The molecule has 6 unspecified atom stereocenters. The Morgan fingerprint density at radius 3 is 2.63 bits per heavy atom. The van der Waals surface area contributed by atoms with Crippen LogP contribution in [-0.2, 0) is 24.5 Å². The van der Waals surface area contributed by atoms with Gasteiger partial charge in [-0.15, -0.1) is 0 Å². The van der Waals surface area contributed by atoms with Gasteiger partial charge in [-0.2, -0.15) is 0 Å². The number of hydrogen-bond donors (Lipinski definition) is 3. The topological polar surface area (TPSA) is 105 Å². The number of benzene rings is 2. The summed E-state index contributed by atoms with van der Waals surface area (Å²) in [5, 5.41) is 16.6. The summed E-state index contributed by atoms with van der Waals surface area (Å²) >= 11 is 12.9. The number of aliphatic carboxylic acids is 1. The zero-order valence-corrected chi connectivity index (χ0v) is 24.4. The molecule has 41 heavy (non-hydrogen) atoms. The summed E-state index contributed by atoms with van der Waals surface area (Å²) in [6.07, 6.45) is 3.65. The molecule has 1 fully saturated rings. The predicted octanol–water partition coefficient (Wildman–Crippen LogP) is 6.19. The van der Waals surface area contributed by atoms with Gasteiger partial charge >= 0.3 is 5.97 Å². The normalized spacial score (nSPS) is 29.5. The predicted molar refractivity (Wildman–Crippen MR) is 154 cm³/mol. The minimum Gasteiger partial charge on any atom is -0.479 e. The second-order valence-electron chi connectivity index (χ2n) is 10.9. The van der Waals surface area contributed by atoms with Gasteiger partial charge in [0, 0.05) is 33.5 Å². The van der Waals surface area contributed by atoms with Crippen molar-refractivity contribution in [1.29, 1.82) is 0 Å². The molecule has 0 aromatic heterocycles. The van der Waals surface area contributed by atoms with Gasteiger partial charge in [-0.25, -0.2) is 9.18 Å². The third-order valence-corrected chi connectivity index (χ3v) is 9.36. The zero-order chi connectivity index (χ0) is 29.7. The highest BCUT2D eigenvalue weighted by Crippen LogP contribution is 2.62. The Balaban J connectivity index is 1.82. The number of rotatable bonds is 7. The maximum atomic E-state index is 14.7. The lowest BCUT2D eigenvalue weighted by molar-refractivity contribution is -0.163. The smallest absolute Gasteiger partial charge is 0.332 e. The van der Waals surface area contributed by atoms with Gasteiger partial charge in [0.05, 0.1) is 12.1 Å². The van der Waals surface area contributed by atoms with Crippen molar-refractivity contribution in [3.63, 3.8) is 0 Å². The van der Waals surface area contributed by atoms with Crippen LogP contribution in [0.4, 0.5) is 10.1 Å². The number of carboxylic acids is 1. The van der Waals surface area contributed by atoms with E-state index in [1.54, 1.807) is 56.3 Å². The number of fused-ring (bicyclic) bond motifs is 2. The summed E-state index contributed by atoms with van der Waals surface area (Å²) < 4.78 is 21.0. The summed E-state index contributed by atoms with van der Waals surface area (Å²) in [7, 11) is 0. The highest BCUT2D eigenvalue weighted by atomic mass is 35.5. The molecule has 2 heterocycles. The molecule has 1 aliphatic carbocycles. The molecular formula is C31H31Cl2FN2O5. The molecule has 2 aromatic carbocycles. The molecule has 0 radical (unpaired) electrons. The monoisotopic (exact) mass is 600 g/mol. The number of hydrogen-bond acceptors (Lipinski definition) is 4. The molecule has 6 atom stereocenters. The van der Waals surface area contributed by atoms with E-state index in [2.05, 4.69) is 10.6 Å². The Labute approximate surface area is 247 Å². The highest BCUT2D eigenvalue weighted by Gasteiger charge is 2.66. The number of carbonyl (C=O) groups is 3. The third kappa shape index (κ3) is 4.66. The van der Waals surface area contributed by atoms with Gasteiger partial charge < -0.3 is 20.5 Å². The molecule has 10 heteroatoms. The number of allylic oxidation sites excluding steroid dienone is 2. The van der Waals surface area contributed by atoms with Crippen molar-refractivity contribution in [3.8, 4) is 0 Å². The van der Waals surface area contributed by atoms with Gasteiger partial charge in [0.2, 0.25) is 11.8 Å².